The number of hydrogen-bond donors (Lipinski definition) is 3. The minimum Gasteiger partial charge on any atom is -0.481 e. The highest BCUT2D eigenvalue weighted by atomic mass is 16.4. The maximum atomic E-state index is 11.7. The predicted octanol–water partition coefficient (Wildman–Crippen LogP) is 0.160. The van der Waals surface area contributed by atoms with Crippen LogP contribution in [0.4, 0.5) is 4.79 Å². The molecular weight excluding hydrogens is 250 g/mol. The molecule has 0 spiro atoms. The summed E-state index contributed by atoms with van der Waals surface area (Å²) in [6.45, 7) is 4.05. The summed E-state index contributed by atoms with van der Waals surface area (Å²) in [5.41, 5.74) is 0. The van der Waals surface area contributed by atoms with Crippen LogP contribution in [0.25, 0.3) is 0 Å². The van der Waals surface area contributed by atoms with Gasteiger partial charge in [0.2, 0.25) is 5.91 Å². The lowest BCUT2D eigenvalue weighted by Crippen LogP contribution is -2.47. The van der Waals surface area contributed by atoms with Crippen molar-refractivity contribution in [2.24, 2.45) is 0 Å². The van der Waals surface area contributed by atoms with E-state index in [1.807, 2.05) is 13.8 Å². The van der Waals surface area contributed by atoms with Gasteiger partial charge in [-0.2, -0.15) is 0 Å². The number of nitrogens with one attached hydrogen (secondary N) is 2. The van der Waals surface area contributed by atoms with E-state index in [1.165, 1.54) is 0 Å². The highest BCUT2D eigenvalue weighted by molar-refractivity contribution is 5.95. The first-order valence-corrected chi connectivity index (χ1v) is 6.44. The van der Waals surface area contributed by atoms with Gasteiger partial charge in [-0.3, -0.25) is 19.8 Å². The molecule has 0 aliphatic heterocycles. The average molecular weight is 271 g/mol. The van der Waals surface area contributed by atoms with E-state index in [-0.39, 0.29) is 31.6 Å². The Kier molecular flexibility index (Phi) is 5.75. The van der Waals surface area contributed by atoms with Crippen LogP contribution in [0.3, 0.4) is 0 Å². The Hall–Kier alpha value is -1.63. The standard InChI is InChI=1S/C12H21N3O4/c1-8(2)15(6-5-11(17)18)7-10(16)14-12(19)13-9-3-4-9/h8-9H,3-7H2,1-2H3,(H,17,18)(H2,13,14,16,19). The number of nitrogens with zero attached hydrogens (tertiary/aromatic N) is 1. The highest BCUT2D eigenvalue weighted by Crippen LogP contribution is 2.18. The minimum atomic E-state index is -0.905. The maximum absolute atomic E-state index is 11.7. The zero-order chi connectivity index (χ0) is 14.4. The van der Waals surface area contributed by atoms with Gasteiger partial charge in [-0.15, -0.1) is 0 Å². The van der Waals surface area contributed by atoms with Crippen molar-refractivity contribution >= 4 is 17.9 Å². The van der Waals surface area contributed by atoms with Gasteiger partial charge in [-0.05, 0) is 26.7 Å². The summed E-state index contributed by atoms with van der Waals surface area (Å²) in [4.78, 5) is 35.3. The van der Waals surface area contributed by atoms with Crippen molar-refractivity contribution in [2.45, 2.75) is 45.2 Å². The van der Waals surface area contributed by atoms with Gasteiger partial charge in [0, 0.05) is 18.6 Å². The Morgan fingerprint density at radius 3 is 2.42 bits per heavy atom. The molecule has 3 N–H and O–H groups in total. The maximum Gasteiger partial charge on any atom is 0.321 e. The lowest BCUT2D eigenvalue weighted by Gasteiger charge is -2.24. The lowest BCUT2D eigenvalue weighted by molar-refractivity contribution is -0.138. The van der Waals surface area contributed by atoms with Crippen molar-refractivity contribution in [3.05, 3.63) is 0 Å². The van der Waals surface area contributed by atoms with E-state index in [0.29, 0.717) is 0 Å². The van der Waals surface area contributed by atoms with Crippen LogP contribution in [0, 0.1) is 0 Å². The number of imide groups is 1. The Morgan fingerprint density at radius 1 is 1.32 bits per heavy atom. The molecule has 1 saturated carbocycles. The van der Waals surface area contributed by atoms with E-state index in [4.69, 9.17) is 5.11 Å². The van der Waals surface area contributed by atoms with Crippen LogP contribution in [0.2, 0.25) is 0 Å². The molecular formula is C12H21N3O4. The van der Waals surface area contributed by atoms with Crippen molar-refractivity contribution in [3.8, 4) is 0 Å². The largest absolute Gasteiger partial charge is 0.481 e. The summed E-state index contributed by atoms with van der Waals surface area (Å²) in [6, 6.07) is -0.243. The first kappa shape index (κ1) is 15.4. The van der Waals surface area contributed by atoms with Crippen LogP contribution < -0.4 is 10.6 Å². The molecule has 0 unspecified atom stereocenters. The molecule has 108 valence electrons. The minimum absolute atomic E-state index is 0.0169. The molecule has 0 aromatic heterocycles. The fourth-order valence-electron chi connectivity index (χ4n) is 1.56. The van der Waals surface area contributed by atoms with Crippen LogP contribution >= 0.6 is 0 Å². The third kappa shape index (κ3) is 6.76. The van der Waals surface area contributed by atoms with E-state index in [9.17, 15) is 14.4 Å². The molecule has 1 rings (SSSR count). The monoisotopic (exact) mass is 271 g/mol. The van der Waals surface area contributed by atoms with Gasteiger partial charge < -0.3 is 10.4 Å². The summed E-state index contributed by atoms with van der Waals surface area (Å²) in [5.74, 6) is -1.32. The number of carboxylic acid groups (broad SMARTS) is 1. The summed E-state index contributed by atoms with van der Waals surface area (Å²) in [5, 5.41) is 13.5. The predicted molar refractivity (Wildman–Crippen MR) is 68.7 cm³/mol. The van der Waals surface area contributed by atoms with Gasteiger partial charge in [0.1, 0.15) is 0 Å². The smallest absolute Gasteiger partial charge is 0.321 e. The highest BCUT2D eigenvalue weighted by Gasteiger charge is 2.24. The molecule has 1 fully saturated rings. The van der Waals surface area contributed by atoms with Crippen molar-refractivity contribution in [1.82, 2.24) is 15.5 Å². The number of amides is 3. The number of aliphatic carboxylic acids is 1. The topological polar surface area (TPSA) is 98.7 Å². The fraction of sp³-hybridized carbons (Fsp3) is 0.750. The fourth-order valence-corrected chi connectivity index (χ4v) is 1.56. The number of urea groups is 1. The second-order valence-electron chi connectivity index (χ2n) is 5.00. The number of hydrogen-bond acceptors (Lipinski definition) is 4. The molecule has 1 aliphatic carbocycles. The Morgan fingerprint density at radius 2 is 1.95 bits per heavy atom. The van der Waals surface area contributed by atoms with E-state index in [2.05, 4.69) is 10.6 Å². The van der Waals surface area contributed by atoms with Crippen molar-refractivity contribution in [3.63, 3.8) is 0 Å². The van der Waals surface area contributed by atoms with Crippen LogP contribution in [0.15, 0.2) is 0 Å². The van der Waals surface area contributed by atoms with Crippen molar-refractivity contribution in [2.75, 3.05) is 13.1 Å². The average Bonchev–Trinajstić information content (AvgIpc) is 3.06. The van der Waals surface area contributed by atoms with Gasteiger partial charge in [-0.25, -0.2) is 4.79 Å². The second kappa shape index (κ2) is 7.08. The van der Waals surface area contributed by atoms with Gasteiger partial charge in [0.15, 0.2) is 0 Å². The molecule has 19 heavy (non-hydrogen) atoms. The van der Waals surface area contributed by atoms with E-state index in [0.717, 1.165) is 12.8 Å². The molecule has 7 nitrogen and oxygen atoms in total. The van der Waals surface area contributed by atoms with E-state index < -0.39 is 17.9 Å². The van der Waals surface area contributed by atoms with Crippen LogP contribution in [-0.4, -0.2) is 53.1 Å². The molecule has 0 atom stereocenters. The SMILES string of the molecule is CC(C)N(CCC(=O)O)CC(=O)NC(=O)NC1CC1. The number of carboxylic acids is 1. The third-order valence-corrected chi connectivity index (χ3v) is 2.86. The number of carbonyl (C=O) groups is 3. The van der Waals surface area contributed by atoms with Gasteiger partial charge in [0.05, 0.1) is 13.0 Å². The van der Waals surface area contributed by atoms with E-state index in [1.54, 1.807) is 4.90 Å². The number of carbonyl (C=O) groups excluding carboxylic acids is 2. The molecule has 1 aliphatic rings. The molecule has 0 heterocycles. The Bertz CT molecular complexity index is 353. The van der Waals surface area contributed by atoms with Crippen molar-refractivity contribution < 1.29 is 19.5 Å². The molecule has 0 aromatic carbocycles. The first-order chi connectivity index (χ1) is 8.88. The summed E-state index contributed by atoms with van der Waals surface area (Å²) in [7, 11) is 0. The molecule has 0 bridgehead atoms. The van der Waals surface area contributed by atoms with Crippen molar-refractivity contribution in [1.29, 1.82) is 0 Å². The first-order valence-electron chi connectivity index (χ1n) is 6.44. The zero-order valence-electron chi connectivity index (χ0n) is 11.3. The van der Waals surface area contributed by atoms with Gasteiger partial charge >= 0.3 is 12.0 Å². The third-order valence-electron chi connectivity index (χ3n) is 2.86. The molecule has 0 radical (unpaired) electrons. The second-order valence-corrected chi connectivity index (χ2v) is 5.00. The van der Waals surface area contributed by atoms with Gasteiger partial charge in [0.25, 0.3) is 0 Å². The van der Waals surface area contributed by atoms with Crippen LogP contribution in [-0.2, 0) is 9.59 Å². The van der Waals surface area contributed by atoms with Crippen LogP contribution in [0.1, 0.15) is 33.1 Å². The quantitative estimate of drug-likeness (QED) is 0.612. The van der Waals surface area contributed by atoms with Gasteiger partial charge in [-0.1, -0.05) is 0 Å². The molecule has 0 aromatic rings. The normalized spacial score (nSPS) is 14.5. The Labute approximate surface area is 112 Å². The Balaban J connectivity index is 2.32. The zero-order valence-corrected chi connectivity index (χ0v) is 11.3. The van der Waals surface area contributed by atoms with E-state index >= 15 is 0 Å². The molecule has 3 amide bonds. The summed E-state index contributed by atoms with van der Waals surface area (Å²) < 4.78 is 0. The molecule has 0 saturated heterocycles. The summed E-state index contributed by atoms with van der Waals surface area (Å²) in [6.07, 6.45) is 1.89. The number of rotatable bonds is 7. The molecule has 7 heteroatoms. The van der Waals surface area contributed by atoms with Crippen LogP contribution in [0.5, 0.6) is 0 Å². The summed E-state index contributed by atoms with van der Waals surface area (Å²) >= 11 is 0. The lowest BCUT2D eigenvalue weighted by atomic mass is 10.3.